The highest BCUT2D eigenvalue weighted by atomic mass is 16.3. The molecule has 0 unspecified atom stereocenters. The van der Waals surface area contributed by atoms with E-state index in [2.05, 4.69) is 28.0 Å². The molecule has 0 atom stereocenters. The Kier molecular flexibility index (Phi) is 5.83. The number of hydrogen-bond acceptors (Lipinski definition) is 6. The predicted molar refractivity (Wildman–Crippen MR) is 115 cm³/mol. The Bertz CT molecular complexity index is 938. The van der Waals surface area contributed by atoms with Crippen LogP contribution in [0.1, 0.15) is 34.0 Å². The average Bonchev–Trinajstić information content (AvgIpc) is 3.18. The maximum atomic E-state index is 13.0. The van der Waals surface area contributed by atoms with Crippen LogP contribution in [0.4, 0.5) is 5.69 Å². The number of rotatable bonds is 5. The first-order valence-corrected chi connectivity index (χ1v) is 10.5. The van der Waals surface area contributed by atoms with E-state index in [1.165, 1.54) is 6.07 Å². The number of anilines is 1. The fourth-order valence-corrected chi connectivity index (χ4v) is 4.34. The Labute approximate surface area is 176 Å². The van der Waals surface area contributed by atoms with Gasteiger partial charge in [-0.15, -0.1) is 0 Å². The van der Waals surface area contributed by atoms with Gasteiger partial charge in [-0.1, -0.05) is 13.0 Å². The maximum Gasteiger partial charge on any atom is 0.258 e. The maximum absolute atomic E-state index is 13.0. The molecule has 1 saturated heterocycles. The lowest BCUT2D eigenvalue weighted by molar-refractivity contribution is 0.0748. The highest BCUT2D eigenvalue weighted by Crippen LogP contribution is 2.33. The summed E-state index contributed by atoms with van der Waals surface area (Å²) in [6, 6.07) is 9.21. The number of phenols is 2. The molecule has 0 saturated carbocycles. The van der Waals surface area contributed by atoms with Crippen LogP contribution in [-0.4, -0.2) is 70.4 Å². The van der Waals surface area contributed by atoms with Crippen molar-refractivity contribution in [1.82, 2.24) is 9.80 Å². The van der Waals surface area contributed by atoms with Crippen LogP contribution in [0.2, 0.25) is 0 Å². The molecular weight excluding hydrogens is 382 g/mol. The number of β-amino-alcohol motifs (C(OH)–C–C–N with tert-alkyl or cyclic N) is 1. The van der Waals surface area contributed by atoms with Crippen LogP contribution in [0.15, 0.2) is 30.3 Å². The zero-order valence-corrected chi connectivity index (χ0v) is 17.3. The number of aliphatic hydroxyl groups excluding tert-OH is 1. The monoisotopic (exact) mass is 411 g/mol. The number of hydrogen-bond donors (Lipinski definition) is 3. The van der Waals surface area contributed by atoms with E-state index in [1.54, 1.807) is 11.0 Å². The number of carbonyl (C=O) groups excluding carboxylic acids is 1. The molecule has 30 heavy (non-hydrogen) atoms. The molecule has 2 aromatic rings. The molecule has 4 rings (SSSR count). The van der Waals surface area contributed by atoms with E-state index in [1.807, 2.05) is 6.92 Å². The summed E-state index contributed by atoms with van der Waals surface area (Å²) >= 11 is 0. The summed E-state index contributed by atoms with van der Waals surface area (Å²) in [5, 5.41) is 29.2. The molecular formula is C23H29N3O4. The second-order valence-corrected chi connectivity index (χ2v) is 8.02. The van der Waals surface area contributed by atoms with Gasteiger partial charge in [0.1, 0.15) is 11.5 Å². The molecule has 7 heteroatoms. The summed E-state index contributed by atoms with van der Waals surface area (Å²) in [5.41, 5.74) is 4.30. The van der Waals surface area contributed by atoms with E-state index in [0.717, 1.165) is 49.5 Å². The van der Waals surface area contributed by atoms with Crippen LogP contribution in [0.3, 0.4) is 0 Å². The van der Waals surface area contributed by atoms with Crippen molar-refractivity contribution in [2.75, 3.05) is 44.2 Å². The van der Waals surface area contributed by atoms with Gasteiger partial charge < -0.3 is 25.1 Å². The van der Waals surface area contributed by atoms with Crippen LogP contribution in [0.5, 0.6) is 11.5 Å². The molecule has 2 aromatic carbocycles. The van der Waals surface area contributed by atoms with Crippen molar-refractivity contribution >= 4 is 11.6 Å². The van der Waals surface area contributed by atoms with Gasteiger partial charge in [0.2, 0.25) is 0 Å². The van der Waals surface area contributed by atoms with Crippen LogP contribution in [0, 0.1) is 0 Å². The predicted octanol–water partition coefficient (Wildman–Crippen LogP) is 1.93. The molecule has 2 aliphatic rings. The molecule has 160 valence electrons. The van der Waals surface area contributed by atoms with Gasteiger partial charge >= 0.3 is 0 Å². The summed E-state index contributed by atoms with van der Waals surface area (Å²) in [5.74, 6) is -0.398. The van der Waals surface area contributed by atoms with Crippen molar-refractivity contribution in [2.45, 2.75) is 26.4 Å². The fraction of sp³-hybridized carbons (Fsp3) is 0.435. The van der Waals surface area contributed by atoms with Crippen LogP contribution < -0.4 is 4.90 Å². The molecule has 1 fully saturated rings. The van der Waals surface area contributed by atoms with Gasteiger partial charge in [0.25, 0.3) is 5.91 Å². The smallest absolute Gasteiger partial charge is 0.258 e. The summed E-state index contributed by atoms with van der Waals surface area (Å²) in [4.78, 5) is 19.4. The minimum Gasteiger partial charge on any atom is -0.508 e. The Balaban J connectivity index is 1.47. The zero-order chi connectivity index (χ0) is 21.3. The first-order valence-electron chi connectivity index (χ1n) is 10.5. The fourth-order valence-electron chi connectivity index (χ4n) is 4.34. The molecule has 7 nitrogen and oxygen atoms in total. The van der Waals surface area contributed by atoms with E-state index >= 15 is 0 Å². The highest BCUT2D eigenvalue weighted by molar-refractivity contribution is 5.97. The number of phenolic OH excluding ortho intramolecular Hbond substituents is 2. The lowest BCUT2D eigenvalue weighted by Gasteiger charge is -2.36. The summed E-state index contributed by atoms with van der Waals surface area (Å²) in [7, 11) is 0. The van der Waals surface area contributed by atoms with Crippen molar-refractivity contribution in [3.8, 4) is 11.5 Å². The Hall–Kier alpha value is -2.77. The molecule has 0 aliphatic carbocycles. The Morgan fingerprint density at radius 1 is 0.967 bits per heavy atom. The molecule has 0 radical (unpaired) electrons. The van der Waals surface area contributed by atoms with Gasteiger partial charge in [-0.05, 0) is 41.3 Å². The number of benzene rings is 2. The first kappa shape index (κ1) is 20.5. The number of carbonyl (C=O) groups is 1. The van der Waals surface area contributed by atoms with Crippen molar-refractivity contribution < 1.29 is 20.1 Å². The van der Waals surface area contributed by atoms with Crippen molar-refractivity contribution in [3.63, 3.8) is 0 Å². The second-order valence-electron chi connectivity index (χ2n) is 8.02. The number of nitrogens with zero attached hydrogens (tertiary/aromatic N) is 3. The third-order valence-electron chi connectivity index (χ3n) is 6.16. The highest BCUT2D eigenvalue weighted by Gasteiger charge is 2.27. The van der Waals surface area contributed by atoms with Gasteiger partial charge in [0.15, 0.2) is 0 Å². The molecule has 2 heterocycles. The molecule has 2 aliphatic heterocycles. The number of amides is 1. The van der Waals surface area contributed by atoms with Gasteiger partial charge in [0.05, 0.1) is 12.2 Å². The quantitative estimate of drug-likeness (QED) is 0.697. The van der Waals surface area contributed by atoms with E-state index < -0.39 is 0 Å². The number of fused-ring (bicyclic) bond motifs is 1. The topological polar surface area (TPSA) is 87.5 Å². The molecule has 0 bridgehead atoms. The normalized spacial score (nSPS) is 16.7. The van der Waals surface area contributed by atoms with Gasteiger partial charge in [-0.3, -0.25) is 9.69 Å². The van der Waals surface area contributed by atoms with Gasteiger partial charge in [0, 0.05) is 57.6 Å². The lowest BCUT2D eigenvalue weighted by Crippen LogP contribution is -2.47. The largest absolute Gasteiger partial charge is 0.508 e. The van der Waals surface area contributed by atoms with Crippen LogP contribution in [0.25, 0.3) is 0 Å². The minimum atomic E-state index is -0.224. The molecule has 3 N–H and O–H groups in total. The van der Waals surface area contributed by atoms with Gasteiger partial charge in [-0.2, -0.15) is 0 Å². The van der Waals surface area contributed by atoms with Crippen LogP contribution in [-0.2, 0) is 19.5 Å². The Morgan fingerprint density at radius 3 is 2.40 bits per heavy atom. The van der Waals surface area contributed by atoms with E-state index in [0.29, 0.717) is 25.1 Å². The first-order chi connectivity index (χ1) is 14.5. The molecule has 0 aromatic heterocycles. The van der Waals surface area contributed by atoms with E-state index in [-0.39, 0.29) is 29.6 Å². The van der Waals surface area contributed by atoms with Crippen LogP contribution >= 0.6 is 0 Å². The van der Waals surface area contributed by atoms with Crippen molar-refractivity contribution in [3.05, 3.63) is 52.6 Å². The van der Waals surface area contributed by atoms with Crippen molar-refractivity contribution in [1.29, 1.82) is 0 Å². The number of aliphatic hydroxyl groups is 1. The third kappa shape index (κ3) is 3.95. The second kappa shape index (κ2) is 8.53. The van der Waals surface area contributed by atoms with E-state index in [9.17, 15) is 15.0 Å². The van der Waals surface area contributed by atoms with Gasteiger partial charge in [-0.25, -0.2) is 0 Å². The molecule has 1 amide bonds. The lowest BCUT2D eigenvalue weighted by atomic mass is 10.1. The molecule has 0 spiro atoms. The number of aryl methyl sites for hydroxylation is 1. The van der Waals surface area contributed by atoms with Crippen molar-refractivity contribution in [2.24, 2.45) is 0 Å². The zero-order valence-electron chi connectivity index (χ0n) is 17.3. The average molecular weight is 412 g/mol. The third-order valence-corrected chi connectivity index (χ3v) is 6.16. The minimum absolute atomic E-state index is 0.0139. The number of piperazine rings is 1. The van der Waals surface area contributed by atoms with E-state index in [4.69, 9.17) is 5.11 Å². The standard InChI is InChI=1S/C23H29N3O4/c1-2-16-12-20(22(29)13-21(16)28)23(30)26-14-17-3-4-19(11-18(17)15-26)25-7-5-24(6-8-25)9-10-27/h3-4,11-13,27-29H,2,5-10,14-15H2,1H3. The summed E-state index contributed by atoms with van der Waals surface area (Å²) in [6.07, 6.45) is 0.585. The summed E-state index contributed by atoms with van der Waals surface area (Å²) < 4.78 is 0. The SMILES string of the molecule is CCc1cc(C(=O)N2Cc3ccc(N4CCN(CCO)CC4)cc3C2)c(O)cc1O. The Morgan fingerprint density at radius 2 is 1.70 bits per heavy atom. The number of aromatic hydroxyl groups is 2. The summed E-state index contributed by atoms with van der Waals surface area (Å²) in [6.45, 7) is 7.54.